The van der Waals surface area contributed by atoms with Crippen LogP contribution in [-0.2, 0) is 0 Å². The molecule has 0 aromatic heterocycles. The lowest BCUT2D eigenvalue weighted by Gasteiger charge is -2.15. The van der Waals surface area contributed by atoms with Crippen molar-refractivity contribution >= 4 is 5.69 Å². The van der Waals surface area contributed by atoms with Crippen LogP contribution >= 0.6 is 0 Å². The summed E-state index contributed by atoms with van der Waals surface area (Å²) >= 11 is 0. The van der Waals surface area contributed by atoms with Gasteiger partial charge >= 0.3 is 5.69 Å². The van der Waals surface area contributed by atoms with E-state index in [1.165, 1.54) is 18.2 Å². The molecule has 5 nitrogen and oxygen atoms in total. The van der Waals surface area contributed by atoms with Crippen molar-refractivity contribution in [2.75, 3.05) is 0 Å². The van der Waals surface area contributed by atoms with Crippen LogP contribution in [0.2, 0.25) is 0 Å². The van der Waals surface area contributed by atoms with Crippen LogP contribution in [0.25, 0.3) is 0 Å². The molecule has 0 bridgehead atoms. The van der Waals surface area contributed by atoms with Crippen molar-refractivity contribution in [1.29, 1.82) is 0 Å². The number of aryl methyl sites for hydroxylation is 1. The molecule has 21 heavy (non-hydrogen) atoms. The number of nitro groups is 1. The number of nitrogens with zero attached hydrogens (tertiary/aromatic N) is 1. The third kappa shape index (κ3) is 3.00. The molecule has 110 valence electrons. The average molecular weight is 290 g/mol. The monoisotopic (exact) mass is 290 g/mol. The SMILES string of the molecule is Cc1cccc([N+](=O)[O-])c1Oc1c(F)cccc1C(C)N. The van der Waals surface area contributed by atoms with E-state index in [-0.39, 0.29) is 17.2 Å². The van der Waals surface area contributed by atoms with Gasteiger partial charge in [0.05, 0.1) is 4.92 Å². The van der Waals surface area contributed by atoms with Gasteiger partial charge in [-0.2, -0.15) is 0 Å². The lowest BCUT2D eigenvalue weighted by atomic mass is 10.1. The summed E-state index contributed by atoms with van der Waals surface area (Å²) in [5.41, 5.74) is 6.57. The van der Waals surface area contributed by atoms with Gasteiger partial charge < -0.3 is 10.5 Å². The highest BCUT2D eigenvalue weighted by Gasteiger charge is 2.21. The van der Waals surface area contributed by atoms with Crippen LogP contribution in [0.4, 0.5) is 10.1 Å². The number of hydrogen-bond donors (Lipinski definition) is 1. The van der Waals surface area contributed by atoms with Crippen molar-refractivity contribution in [1.82, 2.24) is 0 Å². The first-order chi connectivity index (χ1) is 9.91. The Labute approximate surface area is 121 Å². The highest BCUT2D eigenvalue weighted by molar-refractivity contribution is 5.54. The Morgan fingerprint density at radius 3 is 2.52 bits per heavy atom. The lowest BCUT2D eigenvalue weighted by Crippen LogP contribution is -2.08. The first kappa shape index (κ1) is 14.9. The van der Waals surface area contributed by atoms with Gasteiger partial charge in [-0.1, -0.05) is 24.3 Å². The van der Waals surface area contributed by atoms with E-state index in [1.807, 2.05) is 0 Å². The van der Waals surface area contributed by atoms with Crippen LogP contribution in [-0.4, -0.2) is 4.92 Å². The molecule has 1 unspecified atom stereocenters. The molecule has 0 radical (unpaired) electrons. The van der Waals surface area contributed by atoms with Crippen LogP contribution < -0.4 is 10.5 Å². The van der Waals surface area contributed by atoms with Crippen molar-refractivity contribution in [2.24, 2.45) is 5.73 Å². The fourth-order valence-corrected chi connectivity index (χ4v) is 2.01. The summed E-state index contributed by atoms with van der Waals surface area (Å²) in [4.78, 5) is 10.5. The van der Waals surface area contributed by atoms with E-state index in [1.54, 1.807) is 32.0 Å². The molecule has 0 aliphatic carbocycles. The minimum Gasteiger partial charge on any atom is -0.446 e. The number of benzene rings is 2. The van der Waals surface area contributed by atoms with Crippen molar-refractivity contribution in [3.05, 3.63) is 63.5 Å². The largest absolute Gasteiger partial charge is 0.446 e. The van der Waals surface area contributed by atoms with E-state index in [0.29, 0.717) is 11.1 Å². The number of halogens is 1. The third-order valence-electron chi connectivity index (χ3n) is 3.08. The molecule has 0 spiro atoms. The van der Waals surface area contributed by atoms with Crippen molar-refractivity contribution in [2.45, 2.75) is 19.9 Å². The van der Waals surface area contributed by atoms with Crippen LogP contribution in [0.15, 0.2) is 36.4 Å². The van der Waals surface area contributed by atoms with Crippen LogP contribution in [0.1, 0.15) is 24.1 Å². The standard InChI is InChI=1S/C15H15FN2O3/c1-9-5-3-8-13(18(19)20)14(9)21-15-11(10(2)17)6-4-7-12(15)16/h3-8,10H,17H2,1-2H3. The van der Waals surface area contributed by atoms with Crippen molar-refractivity contribution < 1.29 is 14.1 Å². The Morgan fingerprint density at radius 2 is 1.90 bits per heavy atom. The molecule has 2 aromatic carbocycles. The summed E-state index contributed by atoms with van der Waals surface area (Å²) in [5.74, 6) is -0.665. The van der Waals surface area contributed by atoms with Gasteiger partial charge in [-0.3, -0.25) is 10.1 Å². The third-order valence-corrected chi connectivity index (χ3v) is 3.08. The molecular formula is C15H15FN2O3. The topological polar surface area (TPSA) is 78.4 Å². The Morgan fingerprint density at radius 1 is 1.24 bits per heavy atom. The molecule has 0 saturated heterocycles. The van der Waals surface area contributed by atoms with E-state index >= 15 is 0 Å². The number of para-hydroxylation sites is 2. The molecule has 2 rings (SSSR count). The quantitative estimate of drug-likeness (QED) is 0.685. The Balaban J connectivity index is 2.56. The van der Waals surface area contributed by atoms with Crippen molar-refractivity contribution in [3.63, 3.8) is 0 Å². The predicted molar refractivity (Wildman–Crippen MR) is 76.9 cm³/mol. The zero-order chi connectivity index (χ0) is 15.6. The predicted octanol–water partition coefficient (Wildman–Crippen LogP) is 3.85. The molecule has 2 aromatic rings. The lowest BCUT2D eigenvalue weighted by molar-refractivity contribution is -0.385. The number of ether oxygens (including phenoxy) is 1. The Bertz CT molecular complexity index is 687. The zero-order valence-electron chi connectivity index (χ0n) is 11.7. The molecule has 0 heterocycles. The summed E-state index contributed by atoms with van der Waals surface area (Å²) in [5, 5.41) is 11.1. The van der Waals surface area contributed by atoms with Crippen LogP contribution in [0, 0.1) is 22.9 Å². The summed E-state index contributed by atoms with van der Waals surface area (Å²) in [6.07, 6.45) is 0. The molecule has 6 heteroatoms. The number of nitro benzene ring substituents is 1. The molecule has 0 aliphatic heterocycles. The molecule has 0 aliphatic rings. The first-order valence-corrected chi connectivity index (χ1v) is 6.37. The number of nitrogens with two attached hydrogens (primary N) is 1. The van der Waals surface area contributed by atoms with Gasteiger partial charge in [-0.15, -0.1) is 0 Å². The fourth-order valence-electron chi connectivity index (χ4n) is 2.01. The minimum atomic E-state index is -0.609. The molecular weight excluding hydrogens is 275 g/mol. The summed E-state index contributed by atoms with van der Waals surface area (Å²) in [6, 6.07) is 8.45. The molecule has 2 N–H and O–H groups in total. The molecule has 0 saturated carbocycles. The van der Waals surface area contributed by atoms with Gasteiger partial charge in [0.2, 0.25) is 5.75 Å². The summed E-state index contributed by atoms with van der Waals surface area (Å²) in [7, 11) is 0. The van der Waals surface area contributed by atoms with Gasteiger partial charge in [-0.25, -0.2) is 4.39 Å². The maximum absolute atomic E-state index is 14.0. The smallest absolute Gasteiger partial charge is 0.311 e. The zero-order valence-corrected chi connectivity index (χ0v) is 11.7. The van der Waals surface area contributed by atoms with E-state index in [2.05, 4.69) is 0 Å². The Kier molecular flexibility index (Phi) is 4.18. The van der Waals surface area contributed by atoms with E-state index in [0.717, 1.165) is 0 Å². The molecule has 1 atom stereocenters. The van der Waals surface area contributed by atoms with Crippen LogP contribution in [0.3, 0.4) is 0 Å². The average Bonchev–Trinajstić information content (AvgIpc) is 2.42. The summed E-state index contributed by atoms with van der Waals surface area (Å²) < 4.78 is 19.5. The van der Waals surface area contributed by atoms with Gasteiger partial charge in [0.15, 0.2) is 11.6 Å². The number of rotatable bonds is 4. The van der Waals surface area contributed by atoms with E-state index in [4.69, 9.17) is 10.5 Å². The second-order valence-corrected chi connectivity index (χ2v) is 4.73. The van der Waals surface area contributed by atoms with Gasteiger partial charge in [-0.05, 0) is 25.5 Å². The first-order valence-electron chi connectivity index (χ1n) is 6.37. The maximum Gasteiger partial charge on any atom is 0.311 e. The van der Waals surface area contributed by atoms with E-state index < -0.39 is 16.8 Å². The van der Waals surface area contributed by atoms with Gasteiger partial charge in [0.25, 0.3) is 0 Å². The van der Waals surface area contributed by atoms with Crippen LogP contribution in [0.5, 0.6) is 11.5 Å². The second-order valence-electron chi connectivity index (χ2n) is 4.73. The molecule has 0 amide bonds. The Hall–Kier alpha value is -2.47. The normalized spacial score (nSPS) is 12.0. The molecule has 0 fully saturated rings. The van der Waals surface area contributed by atoms with Gasteiger partial charge in [0, 0.05) is 17.7 Å². The minimum absolute atomic E-state index is 0.0227. The summed E-state index contributed by atoms with van der Waals surface area (Å²) in [6.45, 7) is 3.35. The second kappa shape index (κ2) is 5.88. The highest BCUT2D eigenvalue weighted by atomic mass is 19.1. The fraction of sp³-hybridized carbons (Fsp3) is 0.200. The van der Waals surface area contributed by atoms with Gasteiger partial charge in [0.1, 0.15) is 0 Å². The highest BCUT2D eigenvalue weighted by Crippen LogP contribution is 2.38. The van der Waals surface area contributed by atoms with E-state index in [9.17, 15) is 14.5 Å². The maximum atomic E-state index is 14.0. The number of hydrogen-bond acceptors (Lipinski definition) is 4. The van der Waals surface area contributed by atoms with Crippen molar-refractivity contribution in [3.8, 4) is 11.5 Å².